The van der Waals surface area contributed by atoms with E-state index in [9.17, 15) is 9.59 Å². The topological polar surface area (TPSA) is 63.6 Å². The molecule has 27 heavy (non-hydrogen) atoms. The van der Waals surface area contributed by atoms with Crippen molar-refractivity contribution in [1.82, 2.24) is 0 Å². The van der Waals surface area contributed by atoms with Gasteiger partial charge in [0, 0.05) is 17.3 Å². The number of carbonyl (C=O) groups excluding carboxylic acids is 2. The summed E-state index contributed by atoms with van der Waals surface area (Å²) in [5, 5.41) is 8.85. The average molecular weight is 368 g/mol. The summed E-state index contributed by atoms with van der Waals surface area (Å²) >= 11 is 0. The van der Waals surface area contributed by atoms with E-state index in [0.717, 1.165) is 31.3 Å². The quantitative estimate of drug-likeness (QED) is 0.762. The Morgan fingerprint density at radius 2 is 2.04 bits per heavy atom. The van der Waals surface area contributed by atoms with E-state index in [4.69, 9.17) is 9.84 Å². The van der Waals surface area contributed by atoms with Gasteiger partial charge in [-0.3, -0.25) is 9.59 Å². The molecule has 0 spiro atoms. The van der Waals surface area contributed by atoms with E-state index in [1.807, 2.05) is 0 Å². The highest BCUT2D eigenvalue weighted by atomic mass is 16.5. The lowest BCUT2D eigenvalue weighted by Gasteiger charge is -2.57. The van der Waals surface area contributed by atoms with Crippen LogP contribution in [0.3, 0.4) is 0 Å². The van der Waals surface area contributed by atoms with E-state index in [-0.39, 0.29) is 35.9 Å². The summed E-state index contributed by atoms with van der Waals surface area (Å²) in [5.74, 6) is 7.17. The van der Waals surface area contributed by atoms with Gasteiger partial charge in [-0.25, -0.2) is 0 Å². The van der Waals surface area contributed by atoms with Crippen molar-refractivity contribution in [3.63, 3.8) is 0 Å². The van der Waals surface area contributed by atoms with Crippen LogP contribution >= 0.6 is 0 Å². The molecule has 0 saturated heterocycles. The molecule has 0 amide bonds. The molecule has 4 heteroatoms. The van der Waals surface area contributed by atoms with E-state index >= 15 is 0 Å². The lowest BCUT2D eigenvalue weighted by Crippen LogP contribution is -2.53. The lowest BCUT2D eigenvalue weighted by atomic mass is 9.48. The van der Waals surface area contributed by atoms with Crippen molar-refractivity contribution in [2.24, 2.45) is 28.6 Å². The Morgan fingerprint density at radius 1 is 1.22 bits per heavy atom. The Hall–Kier alpha value is -1.70. The van der Waals surface area contributed by atoms with Crippen LogP contribution in [0.4, 0.5) is 0 Å². The van der Waals surface area contributed by atoms with E-state index < -0.39 is 0 Å². The minimum atomic E-state index is -0.196. The Morgan fingerprint density at radius 3 is 2.81 bits per heavy atom. The Balaban J connectivity index is 1.68. The highest BCUT2D eigenvalue weighted by Crippen LogP contribution is 2.63. The predicted octanol–water partition coefficient (Wildman–Crippen LogP) is 2.85. The smallest absolute Gasteiger partial charge is 0.178 e. The zero-order valence-electron chi connectivity index (χ0n) is 16.2. The molecule has 4 aliphatic rings. The number of Topliss-reactive ketones (excluding diaryl/α,β-unsaturated/α-hetero) is 1. The second kappa shape index (κ2) is 6.72. The standard InChI is InChI=1S/C23H28O4/c1-22-9-7-15(25)13-19(22)20(27-12-4-3-11-24)14-16-17-5-6-21(26)23(17,2)10-8-18(16)22/h7,9,13,16-18,20,24H,5-6,8,10-12,14H2,1-2H3/t16-,17-,18-,20+,22+,23-/m0/s1. The first kappa shape index (κ1) is 18.7. The maximum absolute atomic E-state index is 12.6. The molecule has 0 radical (unpaired) electrons. The van der Waals surface area contributed by atoms with Gasteiger partial charge in [-0.15, -0.1) is 0 Å². The van der Waals surface area contributed by atoms with Gasteiger partial charge < -0.3 is 9.84 Å². The minimum Gasteiger partial charge on any atom is -0.384 e. The first-order valence-corrected chi connectivity index (χ1v) is 10.1. The molecule has 0 unspecified atom stereocenters. The molecule has 4 nitrogen and oxygen atoms in total. The molecule has 4 rings (SSSR count). The Bertz CT molecular complexity index is 782. The summed E-state index contributed by atoms with van der Waals surface area (Å²) in [6.07, 6.45) is 9.88. The molecule has 3 fully saturated rings. The number of rotatable bonds is 2. The molecule has 0 heterocycles. The van der Waals surface area contributed by atoms with Crippen molar-refractivity contribution in [2.75, 3.05) is 13.2 Å². The number of carbonyl (C=O) groups is 2. The van der Waals surface area contributed by atoms with Gasteiger partial charge in [-0.05, 0) is 61.2 Å². The van der Waals surface area contributed by atoms with Crippen molar-refractivity contribution >= 4 is 11.6 Å². The fourth-order valence-electron chi connectivity index (χ4n) is 6.40. The predicted molar refractivity (Wildman–Crippen MR) is 102 cm³/mol. The minimum absolute atomic E-state index is 0.0210. The zero-order chi connectivity index (χ0) is 19.2. The second-order valence-corrected chi connectivity index (χ2v) is 8.96. The monoisotopic (exact) mass is 368 g/mol. The number of aliphatic hydroxyl groups is 1. The largest absolute Gasteiger partial charge is 0.384 e. The lowest BCUT2D eigenvalue weighted by molar-refractivity contribution is -0.133. The van der Waals surface area contributed by atoms with Crippen LogP contribution in [-0.4, -0.2) is 36.0 Å². The molecule has 0 aromatic rings. The zero-order valence-corrected chi connectivity index (χ0v) is 16.2. The molecule has 0 aromatic heterocycles. The van der Waals surface area contributed by atoms with Gasteiger partial charge in [0.2, 0.25) is 0 Å². The van der Waals surface area contributed by atoms with Crippen LogP contribution < -0.4 is 0 Å². The van der Waals surface area contributed by atoms with Crippen LogP contribution in [0.1, 0.15) is 46.0 Å². The second-order valence-electron chi connectivity index (χ2n) is 8.96. The molecule has 0 aromatic carbocycles. The number of hydrogen-bond donors (Lipinski definition) is 1. The molecule has 6 atom stereocenters. The number of ketones is 2. The van der Waals surface area contributed by atoms with Gasteiger partial charge in [0.15, 0.2) is 5.78 Å². The van der Waals surface area contributed by atoms with Crippen molar-refractivity contribution in [2.45, 2.75) is 52.1 Å². The number of ether oxygens (including phenoxy) is 1. The maximum atomic E-state index is 12.6. The number of aliphatic hydroxyl groups excluding tert-OH is 1. The van der Waals surface area contributed by atoms with Crippen molar-refractivity contribution < 1.29 is 19.4 Å². The number of hydrogen-bond acceptors (Lipinski definition) is 4. The van der Waals surface area contributed by atoms with E-state index in [0.29, 0.717) is 30.0 Å². The van der Waals surface area contributed by atoms with E-state index in [1.54, 1.807) is 12.2 Å². The van der Waals surface area contributed by atoms with Crippen LogP contribution in [0.5, 0.6) is 0 Å². The first-order valence-electron chi connectivity index (χ1n) is 10.1. The van der Waals surface area contributed by atoms with Crippen LogP contribution in [0.2, 0.25) is 0 Å². The van der Waals surface area contributed by atoms with Crippen LogP contribution in [0, 0.1) is 40.4 Å². The summed E-state index contributed by atoms with van der Waals surface area (Å²) in [4.78, 5) is 24.7. The highest BCUT2D eigenvalue weighted by molar-refractivity contribution is 6.01. The van der Waals surface area contributed by atoms with Crippen molar-refractivity contribution in [3.05, 3.63) is 23.8 Å². The maximum Gasteiger partial charge on any atom is 0.178 e. The highest BCUT2D eigenvalue weighted by Gasteiger charge is 2.60. The van der Waals surface area contributed by atoms with Crippen molar-refractivity contribution in [3.8, 4) is 11.8 Å². The van der Waals surface area contributed by atoms with Gasteiger partial charge in [0.05, 0.1) is 6.10 Å². The Labute approximate surface area is 161 Å². The Kier molecular flexibility index (Phi) is 4.64. The third-order valence-corrected chi connectivity index (χ3v) is 7.82. The molecule has 0 bridgehead atoms. The average Bonchev–Trinajstić information content (AvgIpc) is 2.95. The third-order valence-electron chi connectivity index (χ3n) is 7.82. The molecular formula is C23H28O4. The first-order chi connectivity index (χ1) is 12.9. The van der Waals surface area contributed by atoms with Gasteiger partial charge in [0.1, 0.15) is 19.0 Å². The molecule has 144 valence electrons. The van der Waals surface area contributed by atoms with Gasteiger partial charge in [-0.2, -0.15) is 0 Å². The van der Waals surface area contributed by atoms with Crippen LogP contribution in [0.15, 0.2) is 23.8 Å². The van der Waals surface area contributed by atoms with E-state index in [1.165, 1.54) is 0 Å². The summed E-state index contributed by atoms with van der Waals surface area (Å²) in [6.45, 7) is 4.46. The summed E-state index contributed by atoms with van der Waals surface area (Å²) < 4.78 is 6.10. The molecule has 4 aliphatic carbocycles. The molecule has 0 aliphatic heterocycles. The number of fused-ring (bicyclic) bond motifs is 5. The summed E-state index contributed by atoms with van der Waals surface area (Å²) in [7, 11) is 0. The van der Waals surface area contributed by atoms with Crippen LogP contribution in [0.25, 0.3) is 0 Å². The fraction of sp³-hybridized carbons (Fsp3) is 0.652. The molecule has 3 saturated carbocycles. The van der Waals surface area contributed by atoms with Gasteiger partial charge in [-0.1, -0.05) is 31.8 Å². The summed E-state index contributed by atoms with van der Waals surface area (Å²) in [5.41, 5.74) is 0.683. The van der Waals surface area contributed by atoms with E-state index in [2.05, 4.69) is 31.8 Å². The normalized spacial score (nSPS) is 42.6. The summed E-state index contributed by atoms with van der Waals surface area (Å²) in [6, 6.07) is 0. The van der Waals surface area contributed by atoms with Crippen molar-refractivity contribution in [1.29, 1.82) is 0 Å². The SMILES string of the molecule is C[C@]12C=CC(=O)C=C1[C@H](OCC#CCO)C[C@@H]1[C@@H]2CC[C@]2(C)C(=O)CC[C@@H]12. The molecule has 1 N–H and O–H groups in total. The fourth-order valence-corrected chi connectivity index (χ4v) is 6.40. The van der Waals surface area contributed by atoms with Crippen LogP contribution in [-0.2, 0) is 14.3 Å². The van der Waals surface area contributed by atoms with Gasteiger partial charge >= 0.3 is 0 Å². The number of allylic oxidation sites excluding steroid dienone is 3. The van der Waals surface area contributed by atoms with Gasteiger partial charge in [0.25, 0.3) is 0 Å². The third kappa shape index (κ3) is 2.83. The molecular weight excluding hydrogens is 340 g/mol.